The number of nitrogens with zero attached hydrogens (tertiary/aromatic N) is 1. The number of hydrogen-bond acceptors (Lipinski definition) is 3. The summed E-state index contributed by atoms with van der Waals surface area (Å²) in [5, 5.41) is 0. The number of halogens is 1. The van der Waals surface area contributed by atoms with E-state index < -0.39 is 0 Å². The van der Waals surface area contributed by atoms with E-state index in [1.54, 1.807) is 7.11 Å². The van der Waals surface area contributed by atoms with Crippen LogP contribution in [-0.2, 0) is 31.6 Å². The van der Waals surface area contributed by atoms with E-state index in [1.165, 1.54) is 22.3 Å². The molecule has 0 aliphatic carbocycles. The molecule has 0 unspecified atom stereocenters. The van der Waals surface area contributed by atoms with Gasteiger partial charge in [-0.25, -0.2) is 0 Å². The fourth-order valence-electron chi connectivity index (χ4n) is 3.64. The lowest BCUT2D eigenvalue weighted by Gasteiger charge is -2.24. The molecule has 0 radical (unpaired) electrons. The molecular formula is C27H33BrN2O. The first-order valence-electron chi connectivity index (χ1n) is 10.7. The third kappa shape index (κ3) is 6.67. The number of methoxy groups -OCH3 is 1. The van der Waals surface area contributed by atoms with Gasteiger partial charge >= 0.3 is 0 Å². The average Bonchev–Trinajstić information content (AvgIpc) is 2.74. The van der Waals surface area contributed by atoms with Crippen molar-refractivity contribution in [1.29, 1.82) is 0 Å². The quantitative estimate of drug-likeness (QED) is 0.404. The minimum Gasteiger partial charge on any atom is -0.496 e. The predicted molar refractivity (Wildman–Crippen MR) is 133 cm³/mol. The first-order valence-corrected chi connectivity index (χ1v) is 11.5. The summed E-state index contributed by atoms with van der Waals surface area (Å²) < 4.78 is 6.37. The molecule has 164 valence electrons. The van der Waals surface area contributed by atoms with Gasteiger partial charge in [-0.15, -0.1) is 0 Å². The van der Waals surface area contributed by atoms with Crippen LogP contribution < -0.4 is 10.5 Å². The summed E-state index contributed by atoms with van der Waals surface area (Å²) in [5.41, 5.74) is 12.3. The summed E-state index contributed by atoms with van der Waals surface area (Å²) >= 11 is 3.62. The Morgan fingerprint density at radius 1 is 0.774 bits per heavy atom. The average molecular weight is 481 g/mol. The molecule has 0 saturated heterocycles. The van der Waals surface area contributed by atoms with Crippen LogP contribution in [0.1, 0.15) is 48.6 Å². The molecule has 0 spiro atoms. The van der Waals surface area contributed by atoms with Crippen LogP contribution in [0.2, 0.25) is 0 Å². The van der Waals surface area contributed by atoms with Crippen LogP contribution in [0.4, 0.5) is 0 Å². The van der Waals surface area contributed by atoms with E-state index >= 15 is 0 Å². The number of benzene rings is 3. The lowest BCUT2D eigenvalue weighted by atomic mass is 9.87. The lowest BCUT2D eigenvalue weighted by Crippen LogP contribution is -2.22. The van der Waals surface area contributed by atoms with Crippen molar-refractivity contribution in [3.05, 3.63) is 99.0 Å². The molecule has 4 heteroatoms. The molecule has 2 N–H and O–H groups in total. The van der Waals surface area contributed by atoms with Gasteiger partial charge in [-0.1, -0.05) is 75.4 Å². The molecule has 0 fully saturated rings. The number of nitrogens with two attached hydrogens (primary N) is 1. The molecule has 3 rings (SSSR count). The largest absolute Gasteiger partial charge is 0.496 e. The van der Waals surface area contributed by atoms with E-state index in [9.17, 15) is 0 Å². The molecular weight excluding hydrogens is 448 g/mol. The maximum Gasteiger partial charge on any atom is 0.133 e. The molecule has 0 bridgehead atoms. The molecule has 0 heterocycles. The van der Waals surface area contributed by atoms with Gasteiger partial charge in [-0.3, -0.25) is 4.90 Å². The Morgan fingerprint density at radius 3 is 1.74 bits per heavy atom. The van der Waals surface area contributed by atoms with Crippen LogP contribution in [0.5, 0.6) is 5.75 Å². The van der Waals surface area contributed by atoms with Crippen molar-refractivity contribution in [3.8, 4) is 5.75 Å². The summed E-state index contributed by atoms with van der Waals surface area (Å²) in [4.78, 5) is 2.47. The van der Waals surface area contributed by atoms with E-state index in [0.717, 1.165) is 35.4 Å². The van der Waals surface area contributed by atoms with Gasteiger partial charge in [0.05, 0.1) is 11.6 Å². The molecule has 0 aliphatic heterocycles. The third-order valence-corrected chi connectivity index (χ3v) is 6.13. The topological polar surface area (TPSA) is 38.5 Å². The van der Waals surface area contributed by atoms with Crippen molar-refractivity contribution in [3.63, 3.8) is 0 Å². The number of ether oxygens (including phenoxy) is 1. The Balaban J connectivity index is 1.81. The van der Waals surface area contributed by atoms with E-state index in [1.807, 2.05) is 6.07 Å². The highest BCUT2D eigenvalue weighted by Crippen LogP contribution is 2.27. The van der Waals surface area contributed by atoms with Crippen LogP contribution in [0, 0.1) is 0 Å². The number of hydrogen-bond donors (Lipinski definition) is 1. The smallest absolute Gasteiger partial charge is 0.133 e. The zero-order valence-electron chi connectivity index (χ0n) is 19.0. The van der Waals surface area contributed by atoms with Crippen molar-refractivity contribution >= 4 is 15.9 Å². The zero-order valence-corrected chi connectivity index (χ0v) is 20.6. The Morgan fingerprint density at radius 2 is 1.26 bits per heavy atom. The summed E-state index contributed by atoms with van der Waals surface area (Å²) in [6.07, 6.45) is 0. The Labute approximate surface area is 195 Å². The minimum absolute atomic E-state index is 0.165. The Kier molecular flexibility index (Phi) is 7.93. The molecule has 3 aromatic rings. The monoisotopic (exact) mass is 480 g/mol. The molecule has 31 heavy (non-hydrogen) atoms. The fourth-order valence-corrected chi connectivity index (χ4v) is 4.23. The molecule has 0 aliphatic rings. The third-order valence-electron chi connectivity index (χ3n) is 5.51. The van der Waals surface area contributed by atoms with Gasteiger partial charge in [-0.2, -0.15) is 0 Å². The first-order chi connectivity index (χ1) is 14.8. The molecule has 0 saturated carbocycles. The van der Waals surface area contributed by atoms with Crippen molar-refractivity contribution in [2.45, 2.75) is 52.4 Å². The minimum atomic E-state index is 0.165. The summed E-state index contributed by atoms with van der Waals surface area (Å²) in [7, 11) is 1.69. The summed E-state index contributed by atoms with van der Waals surface area (Å²) in [6.45, 7) is 9.93. The van der Waals surface area contributed by atoms with Crippen molar-refractivity contribution < 1.29 is 4.74 Å². The van der Waals surface area contributed by atoms with Crippen molar-refractivity contribution in [2.75, 3.05) is 7.11 Å². The van der Waals surface area contributed by atoms with Gasteiger partial charge in [0.1, 0.15) is 5.75 Å². The highest BCUT2D eigenvalue weighted by Gasteiger charge is 2.14. The Bertz CT molecular complexity index is 976. The van der Waals surface area contributed by atoms with Crippen molar-refractivity contribution in [1.82, 2.24) is 4.90 Å². The fraction of sp³-hybridized carbons (Fsp3) is 0.333. The van der Waals surface area contributed by atoms with E-state index in [-0.39, 0.29) is 5.41 Å². The standard InChI is InChI=1S/C27H33BrN2O/c1-27(2,3)24-12-9-22(10-13-24)18-30(17-21-7-5-20(16-29)6-8-21)19-23-11-14-26(31-4)25(28)15-23/h5-15H,16-19,29H2,1-4H3. The Hall–Kier alpha value is -2.14. The SMILES string of the molecule is COc1ccc(CN(Cc2ccc(CN)cc2)Cc2ccc(C(C)(C)C)cc2)cc1Br. The van der Waals surface area contributed by atoms with E-state index in [2.05, 4.69) is 102 Å². The van der Waals surface area contributed by atoms with Gasteiger partial charge in [-0.05, 0) is 61.3 Å². The predicted octanol–water partition coefficient (Wildman–Crippen LogP) is 6.42. The zero-order chi connectivity index (χ0) is 22.4. The summed E-state index contributed by atoms with van der Waals surface area (Å²) in [5.74, 6) is 0.852. The highest BCUT2D eigenvalue weighted by atomic mass is 79.9. The van der Waals surface area contributed by atoms with Crippen LogP contribution in [0.3, 0.4) is 0 Å². The second-order valence-corrected chi connectivity index (χ2v) is 9.94. The maximum absolute atomic E-state index is 5.76. The maximum atomic E-state index is 5.76. The van der Waals surface area contributed by atoms with Crippen LogP contribution in [0.25, 0.3) is 0 Å². The van der Waals surface area contributed by atoms with Crippen LogP contribution >= 0.6 is 15.9 Å². The molecule has 0 amide bonds. The van der Waals surface area contributed by atoms with Gasteiger partial charge < -0.3 is 10.5 Å². The van der Waals surface area contributed by atoms with E-state index in [0.29, 0.717) is 6.54 Å². The number of rotatable bonds is 8. The lowest BCUT2D eigenvalue weighted by molar-refractivity contribution is 0.247. The van der Waals surface area contributed by atoms with Gasteiger partial charge in [0.25, 0.3) is 0 Å². The molecule has 3 nitrogen and oxygen atoms in total. The van der Waals surface area contributed by atoms with Crippen LogP contribution in [-0.4, -0.2) is 12.0 Å². The molecule has 0 aromatic heterocycles. The normalized spacial score (nSPS) is 11.7. The van der Waals surface area contributed by atoms with Gasteiger partial charge in [0, 0.05) is 26.2 Å². The van der Waals surface area contributed by atoms with E-state index in [4.69, 9.17) is 10.5 Å². The van der Waals surface area contributed by atoms with Gasteiger partial charge in [0.2, 0.25) is 0 Å². The van der Waals surface area contributed by atoms with Crippen molar-refractivity contribution in [2.24, 2.45) is 5.73 Å². The summed E-state index contributed by atoms with van der Waals surface area (Å²) in [6, 6.07) is 23.9. The van der Waals surface area contributed by atoms with Crippen LogP contribution in [0.15, 0.2) is 71.2 Å². The van der Waals surface area contributed by atoms with Gasteiger partial charge in [0.15, 0.2) is 0 Å². The molecule has 0 atom stereocenters. The first kappa shape index (κ1) is 23.5. The highest BCUT2D eigenvalue weighted by molar-refractivity contribution is 9.10. The molecule has 3 aromatic carbocycles. The second kappa shape index (κ2) is 10.4. The second-order valence-electron chi connectivity index (χ2n) is 9.08.